The van der Waals surface area contributed by atoms with E-state index in [4.69, 9.17) is 9.47 Å². The van der Waals surface area contributed by atoms with Gasteiger partial charge in [0.2, 0.25) is 10.0 Å². The zero-order chi connectivity index (χ0) is 19.3. The average molecular weight is 392 g/mol. The number of methoxy groups -OCH3 is 2. The van der Waals surface area contributed by atoms with E-state index < -0.39 is 10.0 Å². The predicted molar refractivity (Wildman–Crippen MR) is 104 cm³/mol. The first-order valence-electron chi connectivity index (χ1n) is 9.13. The van der Waals surface area contributed by atoms with Crippen molar-refractivity contribution in [3.63, 3.8) is 0 Å². The van der Waals surface area contributed by atoms with E-state index in [0.29, 0.717) is 23.7 Å². The van der Waals surface area contributed by atoms with Crippen molar-refractivity contribution in [3.05, 3.63) is 54.1 Å². The van der Waals surface area contributed by atoms with Crippen LogP contribution in [0.15, 0.2) is 53.4 Å². The molecule has 146 valence electrons. The molecule has 7 heteroatoms. The lowest BCUT2D eigenvalue weighted by atomic mass is 10.1. The molecule has 27 heavy (non-hydrogen) atoms. The summed E-state index contributed by atoms with van der Waals surface area (Å²) in [6.07, 6.45) is 0.977. The van der Waals surface area contributed by atoms with Crippen molar-refractivity contribution in [2.45, 2.75) is 11.3 Å². The lowest BCUT2D eigenvalue weighted by Gasteiger charge is -2.31. The van der Waals surface area contributed by atoms with E-state index in [1.54, 1.807) is 42.8 Å². The third kappa shape index (κ3) is 4.80. The van der Waals surface area contributed by atoms with Gasteiger partial charge in [-0.25, -0.2) is 8.42 Å². The summed E-state index contributed by atoms with van der Waals surface area (Å²) in [5, 5.41) is 0. The van der Waals surface area contributed by atoms with Gasteiger partial charge in [0.05, 0.1) is 51.8 Å². The van der Waals surface area contributed by atoms with Gasteiger partial charge in [0.25, 0.3) is 0 Å². The van der Waals surface area contributed by atoms with Crippen LogP contribution in [-0.2, 0) is 16.4 Å². The van der Waals surface area contributed by atoms with Gasteiger partial charge in [-0.15, -0.1) is 0 Å². The molecule has 0 radical (unpaired) electrons. The monoisotopic (exact) mass is 391 g/mol. The van der Waals surface area contributed by atoms with Crippen LogP contribution in [0, 0.1) is 0 Å². The summed E-state index contributed by atoms with van der Waals surface area (Å²) in [5.74, 6) is 1.52. The molecule has 1 N–H and O–H groups in total. The molecule has 0 aromatic heterocycles. The second-order valence-electron chi connectivity index (χ2n) is 6.68. The van der Waals surface area contributed by atoms with Gasteiger partial charge in [0.15, 0.2) is 0 Å². The Kier molecular flexibility index (Phi) is 6.36. The van der Waals surface area contributed by atoms with E-state index in [-0.39, 0.29) is 0 Å². The quantitative estimate of drug-likeness (QED) is 0.760. The molecule has 0 saturated carbocycles. The van der Waals surface area contributed by atoms with Gasteiger partial charge in [0.1, 0.15) is 11.5 Å². The Morgan fingerprint density at radius 3 is 1.93 bits per heavy atom. The molecular formula is C20H27N2O4S+. The Balaban J connectivity index is 1.52. The van der Waals surface area contributed by atoms with Gasteiger partial charge in [-0.2, -0.15) is 4.31 Å². The highest BCUT2D eigenvalue weighted by Crippen LogP contribution is 2.19. The molecule has 0 atom stereocenters. The summed E-state index contributed by atoms with van der Waals surface area (Å²) < 4.78 is 37.5. The van der Waals surface area contributed by atoms with Gasteiger partial charge in [0, 0.05) is 6.42 Å². The van der Waals surface area contributed by atoms with Crippen LogP contribution < -0.4 is 14.4 Å². The van der Waals surface area contributed by atoms with Crippen molar-refractivity contribution < 1.29 is 22.8 Å². The van der Waals surface area contributed by atoms with Gasteiger partial charge in [-0.1, -0.05) is 12.1 Å². The second-order valence-corrected chi connectivity index (χ2v) is 8.62. The van der Waals surface area contributed by atoms with E-state index >= 15 is 0 Å². The normalized spacial score (nSPS) is 16.2. The van der Waals surface area contributed by atoms with Crippen LogP contribution in [0.2, 0.25) is 0 Å². The number of ether oxygens (including phenoxy) is 2. The Morgan fingerprint density at radius 2 is 1.41 bits per heavy atom. The van der Waals surface area contributed by atoms with E-state index in [1.165, 1.54) is 10.5 Å². The largest absolute Gasteiger partial charge is 0.497 e. The minimum atomic E-state index is -3.43. The maximum atomic E-state index is 12.8. The highest BCUT2D eigenvalue weighted by molar-refractivity contribution is 7.89. The third-order valence-electron chi connectivity index (χ3n) is 5.05. The topological polar surface area (TPSA) is 60.3 Å². The van der Waals surface area contributed by atoms with Crippen molar-refractivity contribution in [1.82, 2.24) is 4.31 Å². The maximum absolute atomic E-state index is 12.8. The van der Waals surface area contributed by atoms with Crippen molar-refractivity contribution >= 4 is 10.0 Å². The van der Waals surface area contributed by atoms with Gasteiger partial charge >= 0.3 is 0 Å². The van der Waals surface area contributed by atoms with E-state index in [1.807, 2.05) is 12.1 Å². The summed E-state index contributed by atoms with van der Waals surface area (Å²) >= 11 is 0. The number of hydrogen-bond donors (Lipinski definition) is 1. The predicted octanol–water partition coefficient (Wildman–Crippen LogP) is 0.836. The maximum Gasteiger partial charge on any atom is 0.243 e. The number of hydrogen-bond acceptors (Lipinski definition) is 4. The molecule has 0 aliphatic carbocycles. The van der Waals surface area contributed by atoms with Gasteiger partial charge in [-0.05, 0) is 42.0 Å². The Hall–Kier alpha value is -2.09. The number of benzene rings is 2. The Labute approximate surface area is 161 Å². The Bertz CT molecular complexity index is 827. The lowest BCUT2D eigenvalue weighted by Crippen LogP contribution is -3.15. The molecule has 2 aromatic carbocycles. The lowest BCUT2D eigenvalue weighted by molar-refractivity contribution is -0.903. The summed E-state index contributed by atoms with van der Waals surface area (Å²) in [5.41, 5.74) is 1.27. The molecular weight excluding hydrogens is 364 g/mol. The summed E-state index contributed by atoms with van der Waals surface area (Å²) in [4.78, 5) is 1.76. The minimum Gasteiger partial charge on any atom is -0.497 e. The van der Waals surface area contributed by atoms with Crippen LogP contribution in [0.4, 0.5) is 0 Å². The Morgan fingerprint density at radius 1 is 0.889 bits per heavy atom. The number of nitrogens with zero attached hydrogens (tertiary/aromatic N) is 1. The second kappa shape index (κ2) is 8.73. The molecule has 3 rings (SSSR count). The molecule has 0 spiro atoms. The average Bonchev–Trinajstić information content (AvgIpc) is 2.73. The fourth-order valence-corrected chi connectivity index (χ4v) is 4.74. The van der Waals surface area contributed by atoms with E-state index in [0.717, 1.165) is 31.8 Å². The first-order chi connectivity index (χ1) is 13.0. The smallest absolute Gasteiger partial charge is 0.243 e. The molecule has 1 heterocycles. The number of quaternary nitrogens is 1. The van der Waals surface area contributed by atoms with Crippen LogP contribution in [-0.4, -0.2) is 59.7 Å². The van der Waals surface area contributed by atoms with Crippen LogP contribution in [0.1, 0.15) is 5.56 Å². The number of rotatable bonds is 7. The minimum absolute atomic E-state index is 0.324. The highest BCUT2D eigenvalue weighted by atomic mass is 32.2. The van der Waals surface area contributed by atoms with E-state index in [2.05, 4.69) is 12.1 Å². The third-order valence-corrected chi connectivity index (χ3v) is 6.97. The van der Waals surface area contributed by atoms with Crippen LogP contribution in [0.5, 0.6) is 11.5 Å². The van der Waals surface area contributed by atoms with Gasteiger partial charge in [-0.3, -0.25) is 0 Å². The van der Waals surface area contributed by atoms with Crippen molar-refractivity contribution in [1.29, 1.82) is 0 Å². The van der Waals surface area contributed by atoms with Crippen molar-refractivity contribution in [3.8, 4) is 11.5 Å². The summed E-state index contributed by atoms with van der Waals surface area (Å²) in [7, 11) is -0.202. The number of nitrogens with one attached hydrogen (secondary N) is 1. The SMILES string of the molecule is COc1ccc(CC[NH+]2CCN(S(=O)(=O)c3ccc(OC)cc3)CC2)cc1. The molecule has 1 saturated heterocycles. The fourth-order valence-electron chi connectivity index (χ4n) is 3.30. The molecule has 0 bridgehead atoms. The van der Waals surface area contributed by atoms with E-state index in [9.17, 15) is 8.42 Å². The fraction of sp³-hybridized carbons (Fsp3) is 0.400. The van der Waals surface area contributed by atoms with Crippen LogP contribution in [0.3, 0.4) is 0 Å². The first kappa shape index (κ1) is 19.7. The molecule has 1 aliphatic rings. The molecule has 0 unspecified atom stereocenters. The molecule has 1 fully saturated rings. The summed E-state index contributed by atoms with van der Waals surface area (Å²) in [6, 6.07) is 14.7. The van der Waals surface area contributed by atoms with Gasteiger partial charge < -0.3 is 14.4 Å². The molecule has 2 aromatic rings. The highest BCUT2D eigenvalue weighted by Gasteiger charge is 2.30. The van der Waals surface area contributed by atoms with Crippen LogP contribution >= 0.6 is 0 Å². The molecule has 0 amide bonds. The standard InChI is InChI=1S/C20H26N2O4S/c1-25-18-5-3-17(4-6-18)11-12-21-13-15-22(16-14-21)27(23,24)20-9-7-19(26-2)8-10-20/h3-10H,11-16H2,1-2H3/p+1. The van der Waals surface area contributed by atoms with Crippen molar-refractivity contribution in [2.75, 3.05) is 46.9 Å². The molecule has 6 nitrogen and oxygen atoms in total. The zero-order valence-corrected chi connectivity index (χ0v) is 16.7. The molecule has 1 aliphatic heterocycles. The van der Waals surface area contributed by atoms with Crippen molar-refractivity contribution in [2.24, 2.45) is 0 Å². The number of sulfonamides is 1. The van der Waals surface area contributed by atoms with Crippen LogP contribution in [0.25, 0.3) is 0 Å². The first-order valence-corrected chi connectivity index (χ1v) is 10.6. The number of piperazine rings is 1. The summed E-state index contributed by atoms with van der Waals surface area (Å²) in [6.45, 7) is 3.75. The zero-order valence-electron chi connectivity index (χ0n) is 15.8.